The van der Waals surface area contributed by atoms with Gasteiger partial charge in [-0.1, -0.05) is 24.3 Å². The number of hydrogen-bond donors (Lipinski definition) is 2. The molecule has 0 heterocycles. The van der Waals surface area contributed by atoms with Crippen molar-refractivity contribution in [2.75, 3.05) is 0 Å². The third-order valence-corrected chi connectivity index (χ3v) is 4.46. The molecular weight excluding hydrogens is 280 g/mol. The van der Waals surface area contributed by atoms with Crippen molar-refractivity contribution < 1.29 is 23.4 Å². The van der Waals surface area contributed by atoms with Gasteiger partial charge < -0.3 is 10.2 Å². The summed E-state index contributed by atoms with van der Waals surface area (Å²) in [6.07, 6.45) is 0. The molecule has 0 spiro atoms. The Morgan fingerprint density at radius 1 is 1.05 bits per heavy atom. The largest absolute Gasteiger partial charge is 0.508 e. The zero-order chi connectivity index (χ0) is 14.8. The van der Waals surface area contributed by atoms with Gasteiger partial charge in [0.05, 0.1) is 16.2 Å². The van der Waals surface area contributed by atoms with Crippen LogP contribution in [0.3, 0.4) is 0 Å². The third-order valence-electron chi connectivity index (χ3n) is 2.72. The minimum Gasteiger partial charge on any atom is -0.508 e. The van der Waals surface area contributed by atoms with E-state index in [1.54, 1.807) is 6.07 Å². The van der Waals surface area contributed by atoms with Crippen molar-refractivity contribution in [2.45, 2.75) is 10.6 Å². The number of aromatic hydroxyl groups is 1. The number of phenols is 1. The van der Waals surface area contributed by atoms with E-state index >= 15 is 0 Å². The topological polar surface area (TPSA) is 91.7 Å². The highest BCUT2D eigenvalue weighted by atomic mass is 32.2. The molecule has 2 rings (SSSR count). The lowest BCUT2D eigenvalue weighted by Crippen LogP contribution is -2.11. The zero-order valence-corrected chi connectivity index (χ0v) is 11.2. The van der Waals surface area contributed by atoms with Gasteiger partial charge in [-0.2, -0.15) is 0 Å². The molecule has 2 N–H and O–H groups in total. The van der Waals surface area contributed by atoms with Gasteiger partial charge in [0.15, 0.2) is 9.84 Å². The fourth-order valence-corrected chi connectivity index (χ4v) is 3.41. The van der Waals surface area contributed by atoms with Crippen LogP contribution in [0, 0.1) is 0 Å². The Labute approximate surface area is 116 Å². The third kappa shape index (κ3) is 2.97. The molecule has 0 saturated heterocycles. The number of carboxylic acids is 1. The predicted molar refractivity (Wildman–Crippen MR) is 72.4 cm³/mol. The highest BCUT2D eigenvalue weighted by molar-refractivity contribution is 7.90. The van der Waals surface area contributed by atoms with E-state index < -0.39 is 15.8 Å². The Morgan fingerprint density at radius 3 is 2.40 bits per heavy atom. The monoisotopic (exact) mass is 292 g/mol. The highest BCUT2D eigenvalue weighted by Gasteiger charge is 2.22. The number of carboxylic acid groups (broad SMARTS) is 1. The molecule has 5 nitrogen and oxygen atoms in total. The van der Waals surface area contributed by atoms with Gasteiger partial charge in [-0.05, 0) is 29.8 Å². The Balaban J connectivity index is 2.44. The van der Waals surface area contributed by atoms with Crippen LogP contribution in [0.5, 0.6) is 5.75 Å². The average Bonchev–Trinajstić information content (AvgIpc) is 2.38. The quantitative estimate of drug-likeness (QED) is 0.900. The van der Waals surface area contributed by atoms with Crippen molar-refractivity contribution in [3.63, 3.8) is 0 Å². The van der Waals surface area contributed by atoms with E-state index in [9.17, 15) is 18.3 Å². The first-order chi connectivity index (χ1) is 9.40. The van der Waals surface area contributed by atoms with Gasteiger partial charge in [-0.3, -0.25) is 0 Å². The maximum Gasteiger partial charge on any atom is 0.337 e. The first kappa shape index (κ1) is 14.1. The molecule has 0 fully saturated rings. The van der Waals surface area contributed by atoms with Gasteiger partial charge in [0.2, 0.25) is 0 Å². The summed E-state index contributed by atoms with van der Waals surface area (Å²) in [4.78, 5) is 10.8. The Morgan fingerprint density at radius 2 is 1.75 bits per heavy atom. The molecule has 2 aromatic carbocycles. The number of carbonyl (C=O) groups is 1. The molecule has 0 radical (unpaired) electrons. The molecule has 0 saturated carbocycles. The average molecular weight is 292 g/mol. The molecule has 2 aromatic rings. The van der Waals surface area contributed by atoms with Gasteiger partial charge in [0, 0.05) is 0 Å². The molecule has 104 valence electrons. The van der Waals surface area contributed by atoms with Crippen LogP contribution in [0.2, 0.25) is 0 Å². The number of hydrogen-bond acceptors (Lipinski definition) is 4. The predicted octanol–water partition coefficient (Wildman–Crippen LogP) is 2.06. The van der Waals surface area contributed by atoms with Gasteiger partial charge in [-0.25, -0.2) is 13.2 Å². The molecule has 20 heavy (non-hydrogen) atoms. The molecule has 0 amide bonds. The lowest BCUT2D eigenvalue weighted by Gasteiger charge is -2.08. The van der Waals surface area contributed by atoms with Crippen LogP contribution in [0.1, 0.15) is 15.9 Å². The van der Waals surface area contributed by atoms with E-state index in [2.05, 4.69) is 0 Å². The van der Waals surface area contributed by atoms with Crippen molar-refractivity contribution in [2.24, 2.45) is 0 Å². The van der Waals surface area contributed by atoms with Crippen LogP contribution in [0.4, 0.5) is 0 Å². The van der Waals surface area contributed by atoms with E-state index in [0.29, 0.717) is 5.56 Å². The van der Waals surface area contributed by atoms with E-state index in [4.69, 9.17) is 5.11 Å². The normalized spacial score (nSPS) is 11.2. The Bertz CT molecular complexity index is 750. The summed E-state index contributed by atoms with van der Waals surface area (Å²) < 4.78 is 24.6. The van der Waals surface area contributed by atoms with E-state index in [1.807, 2.05) is 0 Å². The molecule has 6 heteroatoms. The second-order valence-electron chi connectivity index (χ2n) is 4.23. The minimum absolute atomic E-state index is 0.0378. The Kier molecular flexibility index (Phi) is 3.76. The standard InChI is InChI=1S/C14H12O5S/c15-11-5-3-4-10(8-11)9-20(18,19)13-7-2-1-6-12(13)14(16)17/h1-8,15H,9H2,(H,16,17). The first-order valence-electron chi connectivity index (χ1n) is 5.73. The van der Waals surface area contributed by atoms with Crippen LogP contribution >= 0.6 is 0 Å². The molecule has 0 aromatic heterocycles. The summed E-state index contributed by atoms with van der Waals surface area (Å²) in [5, 5.41) is 18.4. The summed E-state index contributed by atoms with van der Waals surface area (Å²) in [5.41, 5.74) is 0.137. The second kappa shape index (κ2) is 5.34. The summed E-state index contributed by atoms with van der Waals surface area (Å²) in [6, 6.07) is 11.3. The van der Waals surface area contributed by atoms with Crippen LogP contribution in [-0.4, -0.2) is 24.6 Å². The Hall–Kier alpha value is -2.34. The maximum absolute atomic E-state index is 12.3. The zero-order valence-electron chi connectivity index (χ0n) is 10.4. The SMILES string of the molecule is O=C(O)c1ccccc1S(=O)(=O)Cc1cccc(O)c1. The van der Waals surface area contributed by atoms with Crippen LogP contribution < -0.4 is 0 Å². The summed E-state index contributed by atoms with van der Waals surface area (Å²) in [7, 11) is -3.80. The molecule has 0 unspecified atom stereocenters. The molecular formula is C14H12O5S. The van der Waals surface area contributed by atoms with Crippen molar-refractivity contribution in [1.29, 1.82) is 0 Å². The molecule has 0 bridgehead atoms. The van der Waals surface area contributed by atoms with Gasteiger partial charge in [-0.15, -0.1) is 0 Å². The fraction of sp³-hybridized carbons (Fsp3) is 0.0714. The van der Waals surface area contributed by atoms with Crippen molar-refractivity contribution >= 4 is 15.8 Å². The summed E-state index contributed by atoms with van der Waals surface area (Å²) >= 11 is 0. The lowest BCUT2D eigenvalue weighted by atomic mass is 10.2. The first-order valence-corrected chi connectivity index (χ1v) is 7.38. The van der Waals surface area contributed by atoms with Gasteiger partial charge in [0.1, 0.15) is 5.75 Å². The van der Waals surface area contributed by atoms with Gasteiger partial charge >= 0.3 is 5.97 Å². The molecule has 0 atom stereocenters. The molecule has 0 aliphatic carbocycles. The number of aromatic carboxylic acids is 1. The number of benzene rings is 2. The van der Waals surface area contributed by atoms with Crippen molar-refractivity contribution in [3.8, 4) is 5.75 Å². The highest BCUT2D eigenvalue weighted by Crippen LogP contribution is 2.22. The summed E-state index contributed by atoms with van der Waals surface area (Å²) in [6.45, 7) is 0. The molecule has 0 aliphatic rings. The van der Waals surface area contributed by atoms with E-state index in [-0.39, 0.29) is 22.0 Å². The van der Waals surface area contributed by atoms with Crippen molar-refractivity contribution in [3.05, 3.63) is 59.7 Å². The molecule has 0 aliphatic heterocycles. The fourth-order valence-electron chi connectivity index (χ4n) is 1.86. The smallest absolute Gasteiger partial charge is 0.337 e. The number of phenolic OH excluding ortho intramolecular Hbond substituents is 1. The van der Waals surface area contributed by atoms with E-state index in [1.165, 1.54) is 42.5 Å². The maximum atomic E-state index is 12.3. The van der Waals surface area contributed by atoms with Gasteiger partial charge in [0.25, 0.3) is 0 Å². The summed E-state index contributed by atoms with van der Waals surface area (Å²) in [5.74, 6) is -1.70. The second-order valence-corrected chi connectivity index (χ2v) is 6.19. The number of sulfone groups is 1. The van der Waals surface area contributed by atoms with Crippen LogP contribution in [0.25, 0.3) is 0 Å². The minimum atomic E-state index is -3.80. The van der Waals surface area contributed by atoms with Crippen LogP contribution in [0.15, 0.2) is 53.4 Å². The van der Waals surface area contributed by atoms with Crippen LogP contribution in [-0.2, 0) is 15.6 Å². The number of rotatable bonds is 4. The van der Waals surface area contributed by atoms with Crippen molar-refractivity contribution in [1.82, 2.24) is 0 Å². The van der Waals surface area contributed by atoms with E-state index in [0.717, 1.165) is 0 Å². The lowest BCUT2D eigenvalue weighted by molar-refractivity contribution is 0.0692.